The Bertz CT molecular complexity index is 233. The van der Waals surface area contributed by atoms with Gasteiger partial charge in [0.2, 0.25) is 0 Å². The summed E-state index contributed by atoms with van der Waals surface area (Å²) >= 11 is 0. The van der Waals surface area contributed by atoms with Crippen LogP contribution in [0.1, 0.15) is 13.8 Å². The standard InChI is InChI=1S/C11H21NO2Si/c1-5-12(6-2)15(13-3,14-4)11-9-7-8-10-11/h7-11H,5-6H2,1-4H3. The maximum atomic E-state index is 5.76. The van der Waals surface area contributed by atoms with Gasteiger partial charge in [-0.3, -0.25) is 4.57 Å². The number of rotatable bonds is 6. The molecule has 15 heavy (non-hydrogen) atoms. The lowest BCUT2D eigenvalue weighted by Gasteiger charge is -2.39. The predicted octanol–water partition coefficient (Wildman–Crippen LogP) is 2.06. The molecule has 0 N–H and O–H groups in total. The SMILES string of the molecule is CCN(CC)[Si](OC)(OC)C1C=CC=C1. The van der Waals surface area contributed by atoms with E-state index in [1.807, 2.05) is 0 Å². The summed E-state index contributed by atoms with van der Waals surface area (Å²) in [5.41, 5.74) is 0.299. The monoisotopic (exact) mass is 227 g/mol. The van der Waals surface area contributed by atoms with E-state index >= 15 is 0 Å². The van der Waals surface area contributed by atoms with Gasteiger partial charge in [-0.15, -0.1) is 0 Å². The molecule has 3 nitrogen and oxygen atoms in total. The van der Waals surface area contributed by atoms with E-state index in [2.05, 4.69) is 42.7 Å². The van der Waals surface area contributed by atoms with E-state index in [4.69, 9.17) is 8.85 Å². The minimum atomic E-state index is -2.28. The summed E-state index contributed by atoms with van der Waals surface area (Å²) in [5, 5.41) is 0. The van der Waals surface area contributed by atoms with Crippen LogP contribution >= 0.6 is 0 Å². The largest absolute Gasteiger partial charge is 0.438 e. The molecule has 0 aliphatic heterocycles. The second-order valence-corrected chi connectivity index (χ2v) is 6.88. The van der Waals surface area contributed by atoms with Gasteiger partial charge in [0.1, 0.15) is 0 Å². The molecule has 0 saturated carbocycles. The second kappa shape index (κ2) is 5.60. The van der Waals surface area contributed by atoms with E-state index in [9.17, 15) is 0 Å². The molecule has 1 aliphatic carbocycles. The van der Waals surface area contributed by atoms with Gasteiger partial charge >= 0.3 is 8.72 Å². The van der Waals surface area contributed by atoms with Crippen LogP contribution in [-0.2, 0) is 8.85 Å². The molecular weight excluding hydrogens is 206 g/mol. The Hall–Kier alpha value is -0.423. The molecule has 0 bridgehead atoms. The van der Waals surface area contributed by atoms with Crippen LogP contribution in [0.2, 0.25) is 5.54 Å². The third-order valence-electron chi connectivity index (χ3n) is 2.96. The number of nitrogens with zero attached hydrogens (tertiary/aromatic N) is 1. The van der Waals surface area contributed by atoms with Crippen molar-refractivity contribution in [2.45, 2.75) is 19.4 Å². The first kappa shape index (κ1) is 12.6. The highest BCUT2D eigenvalue weighted by atomic mass is 28.4. The molecule has 0 fully saturated rings. The van der Waals surface area contributed by atoms with Gasteiger partial charge in [0.05, 0.1) is 5.54 Å². The highest BCUT2D eigenvalue weighted by molar-refractivity contribution is 6.67. The molecule has 86 valence electrons. The van der Waals surface area contributed by atoms with Crippen LogP contribution in [0, 0.1) is 0 Å². The Morgan fingerprint density at radius 1 is 1.07 bits per heavy atom. The van der Waals surface area contributed by atoms with Crippen molar-refractivity contribution in [3.05, 3.63) is 24.3 Å². The summed E-state index contributed by atoms with van der Waals surface area (Å²) in [7, 11) is 1.24. The zero-order valence-corrected chi connectivity index (χ0v) is 11.1. The van der Waals surface area contributed by atoms with Crippen molar-refractivity contribution in [2.24, 2.45) is 0 Å². The van der Waals surface area contributed by atoms with Crippen LogP contribution in [0.25, 0.3) is 0 Å². The quantitative estimate of drug-likeness (QED) is 0.648. The summed E-state index contributed by atoms with van der Waals surface area (Å²) in [4.78, 5) is 0. The third-order valence-corrected chi connectivity index (χ3v) is 6.87. The molecule has 0 spiro atoms. The van der Waals surface area contributed by atoms with Crippen molar-refractivity contribution in [2.75, 3.05) is 27.3 Å². The Morgan fingerprint density at radius 2 is 1.53 bits per heavy atom. The summed E-state index contributed by atoms with van der Waals surface area (Å²) in [6, 6.07) is 0. The van der Waals surface area contributed by atoms with Gasteiger partial charge in [0, 0.05) is 14.2 Å². The average molecular weight is 227 g/mol. The van der Waals surface area contributed by atoms with Crippen LogP contribution in [0.4, 0.5) is 0 Å². The van der Waals surface area contributed by atoms with Crippen LogP contribution in [-0.4, -0.2) is 40.6 Å². The number of allylic oxidation sites excluding steroid dienone is 4. The molecule has 0 radical (unpaired) electrons. The summed E-state index contributed by atoms with van der Waals surface area (Å²) in [5.74, 6) is 0. The molecule has 4 heteroatoms. The maximum Gasteiger partial charge on any atom is 0.438 e. The van der Waals surface area contributed by atoms with Gasteiger partial charge in [0.25, 0.3) is 0 Å². The fourth-order valence-electron chi connectivity index (χ4n) is 2.16. The maximum absolute atomic E-state index is 5.76. The van der Waals surface area contributed by atoms with Crippen molar-refractivity contribution < 1.29 is 8.85 Å². The minimum Gasteiger partial charge on any atom is -0.385 e. The van der Waals surface area contributed by atoms with Gasteiger partial charge in [-0.05, 0) is 13.1 Å². The fourth-order valence-corrected chi connectivity index (χ4v) is 5.40. The molecule has 0 aromatic carbocycles. The topological polar surface area (TPSA) is 21.7 Å². The lowest BCUT2D eigenvalue weighted by Crippen LogP contribution is -2.59. The van der Waals surface area contributed by atoms with Gasteiger partial charge < -0.3 is 8.85 Å². The first-order valence-electron chi connectivity index (χ1n) is 5.45. The van der Waals surface area contributed by atoms with E-state index in [-0.39, 0.29) is 0 Å². The minimum absolute atomic E-state index is 0.299. The van der Waals surface area contributed by atoms with Crippen LogP contribution < -0.4 is 0 Å². The molecule has 0 unspecified atom stereocenters. The molecule has 0 saturated heterocycles. The van der Waals surface area contributed by atoms with E-state index in [0.717, 1.165) is 13.1 Å². The molecule has 0 aromatic heterocycles. The Balaban J connectivity index is 2.94. The third kappa shape index (κ3) is 2.23. The van der Waals surface area contributed by atoms with Gasteiger partial charge in [0.15, 0.2) is 0 Å². The Kier molecular flexibility index (Phi) is 4.72. The van der Waals surface area contributed by atoms with Crippen LogP contribution in [0.5, 0.6) is 0 Å². The summed E-state index contributed by atoms with van der Waals surface area (Å²) in [6.07, 6.45) is 8.46. The molecule has 0 atom stereocenters. The molecule has 1 aliphatic rings. The van der Waals surface area contributed by atoms with Crippen molar-refractivity contribution >= 4 is 8.72 Å². The zero-order chi connectivity index (χ0) is 11.3. The predicted molar refractivity (Wildman–Crippen MR) is 64.7 cm³/mol. The molecular formula is C11H21NO2Si. The summed E-state index contributed by atoms with van der Waals surface area (Å²) in [6.45, 7) is 6.21. The smallest absolute Gasteiger partial charge is 0.385 e. The van der Waals surface area contributed by atoms with Gasteiger partial charge in [-0.25, -0.2) is 0 Å². The first-order chi connectivity index (χ1) is 7.25. The van der Waals surface area contributed by atoms with Gasteiger partial charge in [-0.1, -0.05) is 38.2 Å². The van der Waals surface area contributed by atoms with Crippen molar-refractivity contribution in [3.8, 4) is 0 Å². The highest BCUT2D eigenvalue weighted by Gasteiger charge is 2.48. The van der Waals surface area contributed by atoms with E-state index in [1.54, 1.807) is 14.2 Å². The number of hydrogen-bond acceptors (Lipinski definition) is 3. The van der Waals surface area contributed by atoms with Crippen LogP contribution in [0.15, 0.2) is 24.3 Å². The highest BCUT2D eigenvalue weighted by Crippen LogP contribution is 2.32. The normalized spacial score (nSPS) is 16.9. The van der Waals surface area contributed by atoms with Crippen LogP contribution in [0.3, 0.4) is 0 Å². The fraction of sp³-hybridized carbons (Fsp3) is 0.636. The molecule has 0 heterocycles. The average Bonchev–Trinajstić information content (AvgIpc) is 2.80. The first-order valence-corrected chi connectivity index (χ1v) is 7.29. The Morgan fingerprint density at radius 3 is 1.87 bits per heavy atom. The van der Waals surface area contributed by atoms with E-state index in [0.29, 0.717) is 5.54 Å². The van der Waals surface area contributed by atoms with Crippen molar-refractivity contribution in [3.63, 3.8) is 0 Å². The zero-order valence-electron chi connectivity index (χ0n) is 10.1. The molecule has 1 rings (SSSR count). The van der Waals surface area contributed by atoms with Crippen molar-refractivity contribution in [1.29, 1.82) is 0 Å². The van der Waals surface area contributed by atoms with Crippen molar-refractivity contribution in [1.82, 2.24) is 4.57 Å². The molecule has 0 aromatic rings. The summed E-state index contributed by atoms with van der Waals surface area (Å²) < 4.78 is 13.8. The lowest BCUT2D eigenvalue weighted by atomic mass is 10.5. The number of hydrogen-bond donors (Lipinski definition) is 0. The second-order valence-electron chi connectivity index (χ2n) is 3.51. The van der Waals surface area contributed by atoms with Gasteiger partial charge in [-0.2, -0.15) is 0 Å². The van der Waals surface area contributed by atoms with E-state index < -0.39 is 8.72 Å². The lowest BCUT2D eigenvalue weighted by molar-refractivity contribution is 0.165. The molecule has 0 amide bonds. The van der Waals surface area contributed by atoms with E-state index in [1.165, 1.54) is 0 Å². The Labute approximate surface area is 93.7 Å².